The zero-order valence-corrected chi connectivity index (χ0v) is 16.3. The molecule has 1 amide bonds. The van der Waals surface area contributed by atoms with Crippen molar-refractivity contribution in [1.29, 1.82) is 0 Å². The molecule has 2 aliphatic heterocycles. The molecule has 8 heteroatoms. The summed E-state index contributed by atoms with van der Waals surface area (Å²) in [5, 5.41) is 12.2. The highest BCUT2D eigenvalue weighted by atomic mass is 19.1. The number of rotatable bonds is 5. The number of fused-ring (bicyclic) bond motifs is 1. The largest absolute Gasteiger partial charge is 0.339 e. The Bertz CT molecular complexity index is 832. The second-order valence-corrected chi connectivity index (χ2v) is 7.67. The number of hydrogen-bond donors (Lipinski definition) is 1. The molecule has 0 spiro atoms. The van der Waals surface area contributed by atoms with Crippen LogP contribution in [0.4, 0.5) is 4.39 Å². The van der Waals surface area contributed by atoms with E-state index in [1.54, 1.807) is 12.1 Å². The van der Waals surface area contributed by atoms with E-state index < -0.39 is 0 Å². The summed E-state index contributed by atoms with van der Waals surface area (Å²) in [6.07, 6.45) is 2.95. The molecule has 0 unspecified atom stereocenters. The van der Waals surface area contributed by atoms with Crippen molar-refractivity contribution in [3.05, 3.63) is 47.3 Å². The van der Waals surface area contributed by atoms with E-state index in [0.717, 1.165) is 37.6 Å². The zero-order chi connectivity index (χ0) is 19.5. The minimum absolute atomic E-state index is 0.0677. The molecule has 1 atom stereocenters. The third kappa shape index (κ3) is 4.07. The van der Waals surface area contributed by atoms with E-state index in [4.69, 9.17) is 0 Å². The fourth-order valence-electron chi connectivity index (χ4n) is 4.06. The highest BCUT2D eigenvalue weighted by Crippen LogP contribution is 2.23. The van der Waals surface area contributed by atoms with E-state index >= 15 is 0 Å². The molecule has 0 saturated carbocycles. The fourth-order valence-corrected chi connectivity index (χ4v) is 4.06. The first-order valence-electron chi connectivity index (χ1n) is 9.97. The van der Waals surface area contributed by atoms with Gasteiger partial charge in [0.15, 0.2) is 0 Å². The van der Waals surface area contributed by atoms with Gasteiger partial charge in [0.2, 0.25) is 5.91 Å². The maximum absolute atomic E-state index is 13.8. The summed E-state index contributed by atoms with van der Waals surface area (Å²) in [6.45, 7) is 3.71. The molecule has 0 bridgehead atoms. The number of nitrogens with zero attached hydrogens (tertiary/aromatic N) is 5. The second-order valence-electron chi connectivity index (χ2n) is 7.67. The van der Waals surface area contributed by atoms with Crippen LogP contribution in [0.25, 0.3) is 0 Å². The number of aromatic nitrogens is 3. The average molecular weight is 386 g/mol. The third-order valence-electron chi connectivity index (χ3n) is 5.58. The molecular weight excluding hydrogens is 359 g/mol. The molecular formula is C20H27FN6O. The van der Waals surface area contributed by atoms with Crippen molar-refractivity contribution in [2.45, 2.75) is 38.4 Å². The number of carbonyl (C=O) groups is 1. The van der Waals surface area contributed by atoms with Crippen LogP contribution in [0.3, 0.4) is 0 Å². The van der Waals surface area contributed by atoms with Crippen molar-refractivity contribution in [1.82, 2.24) is 29.9 Å². The Morgan fingerprint density at radius 3 is 2.93 bits per heavy atom. The SMILES string of the molecule is CN(CC(=O)N1CCc2nnc([C@H]3CCCN3)n2CC1)Cc1ccccc1F. The Kier molecular flexibility index (Phi) is 5.68. The number of carbonyl (C=O) groups excluding carboxylic acids is 1. The second kappa shape index (κ2) is 8.36. The Morgan fingerprint density at radius 1 is 1.29 bits per heavy atom. The standard InChI is InChI=1S/C20H27FN6O/c1-25(13-15-5-2-3-6-16(15)21)14-19(28)26-10-8-18-23-24-20(27(18)12-11-26)17-7-4-9-22-17/h2-3,5-6,17,22H,4,7-14H2,1H3/t17-/m1/s1. The zero-order valence-electron chi connectivity index (χ0n) is 16.3. The van der Waals surface area contributed by atoms with Gasteiger partial charge in [0.1, 0.15) is 17.5 Å². The third-order valence-corrected chi connectivity index (χ3v) is 5.58. The Labute approximate surface area is 164 Å². The molecule has 2 aromatic rings. The lowest BCUT2D eigenvalue weighted by atomic mass is 10.2. The maximum Gasteiger partial charge on any atom is 0.236 e. The molecule has 1 saturated heterocycles. The maximum atomic E-state index is 13.8. The molecule has 150 valence electrons. The molecule has 3 heterocycles. The lowest BCUT2D eigenvalue weighted by Gasteiger charge is -2.24. The van der Waals surface area contributed by atoms with Gasteiger partial charge in [-0.15, -0.1) is 10.2 Å². The van der Waals surface area contributed by atoms with E-state index in [0.29, 0.717) is 31.6 Å². The number of likely N-dealkylation sites (N-methyl/N-ethyl adjacent to an activating group) is 1. The van der Waals surface area contributed by atoms with Crippen LogP contribution in [-0.4, -0.2) is 63.7 Å². The van der Waals surface area contributed by atoms with Crippen LogP contribution in [0.2, 0.25) is 0 Å². The Balaban J connectivity index is 1.35. The van der Waals surface area contributed by atoms with Crippen LogP contribution >= 0.6 is 0 Å². The normalized spacial score (nSPS) is 19.7. The van der Waals surface area contributed by atoms with Crippen molar-refractivity contribution in [2.24, 2.45) is 0 Å². The summed E-state index contributed by atoms with van der Waals surface area (Å²) in [5.74, 6) is 1.79. The topological polar surface area (TPSA) is 66.3 Å². The van der Waals surface area contributed by atoms with Gasteiger partial charge in [0.25, 0.3) is 0 Å². The first-order chi connectivity index (χ1) is 13.6. The summed E-state index contributed by atoms with van der Waals surface area (Å²) in [7, 11) is 1.85. The summed E-state index contributed by atoms with van der Waals surface area (Å²) >= 11 is 0. The predicted octanol–water partition coefficient (Wildman–Crippen LogP) is 1.36. The monoisotopic (exact) mass is 386 g/mol. The number of hydrogen-bond acceptors (Lipinski definition) is 5. The summed E-state index contributed by atoms with van der Waals surface area (Å²) in [6, 6.07) is 6.97. The van der Waals surface area contributed by atoms with E-state index in [1.165, 1.54) is 6.07 Å². The fraction of sp³-hybridized carbons (Fsp3) is 0.550. The number of amides is 1. The molecule has 2 aliphatic rings. The number of nitrogens with one attached hydrogen (secondary N) is 1. The van der Waals surface area contributed by atoms with Gasteiger partial charge in [-0.05, 0) is 32.5 Å². The lowest BCUT2D eigenvalue weighted by Crippen LogP contribution is -2.40. The molecule has 7 nitrogen and oxygen atoms in total. The van der Waals surface area contributed by atoms with Gasteiger partial charge in [0, 0.05) is 38.2 Å². The van der Waals surface area contributed by atoms with Crippen LogP contribution in [0.5, 0.6) is 0 Å². The van der Waals surface area contributed by atoms with Gasteiger partial charge in [-0.2, -0.15) is 0 Å². The molecule has 1 fully saturated rings. The molecule has 1 aromatic carbocycles. The van der Waals surface area contributed by atoms with Gasteiger partial charge in [-0.25, -0.2) is 4.39 Å². The van der Waals surface area contributed by atoms with Crippen LogP contribution < -0.4 is 5.32 Å². The number of benzene rings is 1. The van der Waals surface area contributed by atoms with Crippen LogP contribution in [0, 0.1) is 5.82 Å². The van der Waals surface area contributed by atoms with Crippen LogP contribution in [-0.2, 0) is 24.3 Å². The van der Waals surface area contributed by atoms with Crippen molar-refractivity contribution in [2.75, 3.05) is 33.2 Å². The summed E-state index contributed by atoms with van der Waals surface area (Å²) < 4.78 is 16.0. The van der Waals surface area contributed by atoms with Gasteiger partial charge >= 0.3 is 0 Å². The average Bonchev–Trinajstić information content (AvgIpc) is 3.29. The molecule has 0 aliphatic carbocycles. The van der Waals surface area contributed by atoms with Crippen molar-refractivity contribution < 1.29 is 9.18 Å². The van der Waals surface area contributed by atoms with Gasteiger partial charge in [-0.3, -0.25) is 9.69 Å². The smallest absolute Gasteiger partial charge is 0.236 e. The van der Waals surface area contributed by atoms with Crippen molar-refractivity contribution >= 4 is 5.91 Å². The van der Waals surface area contributed by atoms with Crippen molar-refractivity contribution in [3.63, 3.8) is 0 Å². The first kappa shape index (κ1) is 19.0. The summed E-state index contributed by atoms with van der Waals surface area (Å²) in [4.78, 5) is 16.5. The molecule has 1 N–H and O–H groups in total. The van der Waals surface area contributed by atoms with E-state index in [9.17, 15) is 9.18 Å². The van der Waals surface area contributed by atoms with E-state index in [1.807, 2.05) is 22.9 Å². The number of halogens is 1. The Morgan fingerprint density at radius 2 is 2.14 bits per heavy atom. The first-order valence-corrected chi connectivity index (χ1v) is 9.97. The quantitative estimate of drug-likeness (QED) is 0.841. The minimum atomic E-state index is -0.234. The lowest BCUT2D eigenvalue weighted by molar-refractivity contribution is -0.132. The van der Waals surface area contributed by atoms with E-state index in [-0.39, 0.29) is 24.3 Å². The molecule has 0 radical (unpaired) electrons. The van der Waals surface area contributed by atoms with Crippen molar-refractivity contribution in [3.8, 4) is 0 Å². The molecule has 28 heavy (non-hydrogen) atoms. The highest BCUT2D eigenvalue weighted by molar-refractivity contribution is 5.78. The minimum Gasteiger partial charge on any atom is -0.339 e. The van der Waals surface area contributed by atoms with Crippen LogP contribution in [0.15, 0.2) is 24.3 Å². The molecule has 1 aromatic heterocycles. The molecule has 4 rings (SSSR count). The summed E-state index contributed by atoms with van der Waals surface area (Å²) in [5.41, 5.74) is 0.605. The van der Waals surface area contributed by atoms with Crippen LogP contribution in [0.1, 0.15) is 36.1 Å². The van der Waals surface area contributed by atoms with Gasteiger partial charge < -0.3 is 14.8 Å². The van der Waals surface area contributed by atoms with E-state index in [2.05, 4.69) is 20.1 Å². The predicted molar refractivity (Wildman–Crippen MR) is 103 cm³/mol. The Hall–Kier alpha value is -2.32. The van der Waals surface area contributed by atoms with Gasteiger partial charge in [-0.1, -0.05) is 18.2 Å². The highest BCUT2D eigenvalue weighted by Gasteiger charge is 2.27. The van der Waals surface area contributed by atoms with Gasteiger partial charge in [0.05, 0.1) is 12.6 Å².